The molecule has 1 aliphatic rings. The standard InChI is InChI=1S/C19H22F3N5O/c1-13(28)24-15-5-3-14(4-6-15)11-27-10-8-16(12-27)26(2)18-23-9-7-17(25-18)19(20,21)22/h3-7,9,16H,8,10-12H2,1-2H3,(H,24,28). The van der Waals surface area contributed by atoms with E-state index in [9.17, 15) is 18.0 Å². The fourth-order valence-corrected chi connectivity index (χ4v) is 3.27. The Morgan fingerprint density at radius 2 is 2.00 bits per heavy atom. The minimum atomic E-state index is -4.48. The molecule has 150 valence electrons. The lowest BCUT2D eigenvalue weighted by molar-refractivity contribution is -0.141. The van der Waals surface area contributed by atoms with Gasteiger partial charge in [-0.25, -0.2) is 9.97 Å². The summed E-state index contributed by atoms with van der Waals surface area (Å²) in [5.41, 5.74) is 0.920. The highest BCUT2D eigenvalue weighted by Crippen LogP contribution is 2.29. The van der Waals surface area contributed by atoms with Crippen LogP contribution in [0.2, 0.25) is 0 Å². The van der Waals surface area contributed by atoms with Gasteiger partial charge in [0.2, 0.25) is 11.9 Å². The first kappa shape index (κ1) is 20.1. The number of carbonyl (C=O) groups excluding carboxylic acids is 1. The number of benzene rings is 1. The Morgan fingerprint density at radius 3 is 2.64 bits per heavy atom. The molecule has 0 spiro atoms. The molecule has 1 saturated heterocycles. The maximum Gasteiger partial charge on any atom is 0.433 e. The second-order valence-corrected chi connectivity index (χ2v) is 6.91. The number of amides is 1. The first-order valence-electron chi connectivity index (χ1n) is 8.94. The van der Waals surface area contributed by atoms with E-state index in [1.807, 2.05) is 24.3 Å². The summed E-state index contributed by atoms with van der Waals surface area (Å²) >= 11 is 0. The molecule has 2 heterocycles. The van der Waals surface area contributed by atoms with Gasteiger partial charge in [-0.1, -0.05) is 12.1 Å². The highest BCUT2D eigenvalue weighted by atomic mass is 19.4. The molecule has 1 fully saturated rings. The Morgan fingerprint density at radius 1 is 1.29 bits per heavy atom. The molecular weight excluding hydrogens is 371 g/mol. The third-order valence-electron chi connectivity index (χ3n) is 4.72. The minimum Gasteiger partial charge on any atom is -0.340 e. The number of aromatic nitrogens is 2. The quantitative estimate of drug-likeness (QED) is 0.846. The van der Waals surface area contributed by atoms with Crippen LogP contribution in [0, 0.1) is 0 Å². The van der Waals surface area contributed by atoms with Crippen molar-refractivity contribution in [3.63, 3.8) is 0 Å². The summed E-state index contributed by atoms with van der Waals surface area (Å²) in [4.78, 5) is 22.7. The number of nitrogens with one attached hydrogen (secondary N) is 1. The largest absolute Gasteiger partial charge is 0.433 e. The zero-order chi connectivity index (χ0) is 20.3. The lowest BCUT2D eigenvalue weighted by Crippen LogP contribution is -2.35. The lowest BCUT2D eigenvalue weighted by atomic mass is 10.2. The smallest absolute Gasteiger partial charge is 0.340 e. The van der Waals surface area contributed by atoms with E-state index in [4.69, 9.17) is 0 Å². The van der Waals surface area contributed by atoms with Crippen LogP contribution in [-0.4, -0.2) is 47.0 Å². The van der Waals surface area contributed by atoms with Crippen molar-refractivity contribution in [1.29, 1.82) is 0 Å². The maximum absolute atomic E-state index is 12.9. The average molecular weight is 393 g/mol. The molecule has 1 atom stereocenters. The average Bonchev–Trinajstić information content (AvgIpc) is 3.10. The predicted molar refractivity (Wildman–Crippen MR) is 99.9 cm³/mol. The highest BCUT2D eigenvalue weighted by molar-refractivity contribution is 5.88. The van der Waals surface area contributed by atoms with E-state index in [-0.39, 0.29) is 17.9 Å². The van der Waals surface area contributed by atoms with E-state index in [1.54, 1.807) is 11.9 Å². The summed E-state index contributed by atoms with van der Waals surface area (Å²) in [5, 5.41) is 2.73. The second-order valence-electron chi connectivity index (χ2n) is 6.91. The lowest BCUT2D eigenvalue weighted by Gasteiger charge is -2.25. The number of hydrogen-bond acceptors (Lipinski definition) is 5. The molecule has 0 aliphatic carbocycles. The number of halogens is 3. The van der Waals surface area contributed by atoms with Gasteiger partial charge < -0.3 is 10.2 Å². The molecule has 1 unspecified atom stereocenters. The van der Waals surface area contributed by atoms with Crippen LogP contribution in [0.3, 0.4) is 0 Å². The van der Waals surface area contributed by atoms with Crippen LogP contribution in [0.4, 0.5) is 24.8 Å². The van der Waals surface area contributed by atoms with Crippen LogP contribution in [0.25, 0.3) is 0 Å². The van der Waals surface area contributed by atoms with E-state index in [0.29, 0.717) is 6.54 Å². The molecule has 0 radical (unpaired) electrons. The van der Waals surface area contributed by atoms with Crippen molar-refractivity contribution < 1.29 is 18.0 Å². The van der Waals surface area contributed by atoms with Crippen LogP contribution in [0.15, 0.2) is 36.5 Å². The molecule has 28 heavy (non-hydrogen) atoms. The van der Waals surface area contributed by atoms with Crippen molar-refractivity contribution in [2.45, 2.75) is 32.1 Å². The van der Waals surface area contributed by atoms with Gasteiger partial charge >= 0.3 is 6.18 Å². The summed E-state index contributed by atoms with van der Waals surface area (Å²) in [6.07, 6.45) is -2.52. The van der Waals surface area contributed by atoms with Gasteiger partial charge in [-0.05, 0) is 30.2 Å². The number of anilines is 2. The third-order valence-corrected chi connectivity index (χ3v) is 4.72. The molecular formula is C19H22F3N5O. The molecule has 1 amide bonds. The van der Waals surface area contributed by atoms with Crippen molar-refractivity contribution in [2.24, 2.45) is 0 Å². The molecule has 0 bridgehead atoms. The van der Waals surface area contributed by atoms with Crippen LogP contribution in [-0.2, 0) is 17.5 Å². The Hall–Kier alpha value is -2.68. The number of nitrogens with zero attached hydrogens (tertiary/aromatic N) is 4. The number of hydrogen-bond donors (Lipinski definition) is 1. The van der Waals surface area contributed by atoms with Crippen molar-refractivity contribution in [2.75, 3.05) is 30.4 Å². The first-order valence-corrected chi connectivity index (χ1v) is 8.94. The molecule has 6 nitrogen and oxygen atoms in total. The van der Waals surface area contributed by atoms with Crippen LogP contribution >= 0.6 is 0 Å². The van der Waals surface area contributed by atoms with Gasteiger partial charge in [0.25, 0.3) is 0 Å². The van der Waals surface area contributed by atoms with Gasteiger partial charge in [-0.3, -0.25) is 9.69 Å². The van der Waals surface area contributed by atoms with Crippen LogP contribution in [0.5, 0.6) is 0 Å². The Balaban J connectivity index is 1.60. The fourth-order valence-electron chi connectivity index (χ4n) is 3.27. The first-order chi connectivity index (χ1) is 13.2. The monoisotopic (exact) mass is 393 g/mol. The van der Waals surface area contributed by atoms with Crippen molar-refractivity contribution in [3.05, 3.63) is 47.8 Å². The maximum atomic E-state index is 12.9. The zero-order valence-corrected chi connectivity index (χ0v) is 15.7. The Bertz CT molecular complexity index is 825. The summed E-state index contributed by atoms with van der Waals surface area (Å²) in [6.45, 7) is 3.74. The SMILES string of the molecule is CC(=O)Nc1ccc(CN2CCC(N(C)c3nccc(C(F)(F)F)n3)C2)cc1. The van der Waals surface area contributed by atoms with Crippen LogP contribution in [0.1, 0.15) is 24.6 Å². The van der Waals surface area contributed by atoms with Crippen molar-refractivity contribution >= 4 is 17.5 Å². The van der Waals surface area contributed by atoms with Gasteiger partial charge in [0.1, 0.15) is 5.69 Å². The second kappa shape index (κ2) is 8.14. The van der Waals surface area contributed by atoms with E-state index < -0.39 is 11.9 Å². The summed E-state index contributed by atoms with van der Waals surface area (Å²) in [5.74, 6) is -0.0312. The van der Waals surface area contributed by atoms with Gasteiger partial charge in [-0.15, -0.1) is 0 Å². The zero-order valence-electron chi connectivity index (χ0n) is 15.7. The number of rotatable bonds is 5. The molecule has 0 saturated carbocycles. The highest BCUT2D eigenvalue weighted by Gasteiger charge is 2.34. The summed E-state index contributed by atoms with van der Waals surface area (Å²) in [6, 6.07) is 8.54. The van der Waals surface area contributed by atoms with Crippen LogP contribution < -0.4 is 10.2 Å². The molecule has 1 N–H and O–H groups in total. The fraction of sp³-hybridized carbons (Fsp3) is 0.421. The minimum absolute atomic E-state index is 0.0436. The normalized spacial score (nSPS) is 17.5. The van der Waals surface area contributed by atoms with E-state index in [0.717, 1.165) is 43.0 Å². The number of alkyl halides is 3. The predicted octanol–water partition coefficient (Wildman–Crippen LogP) is 3.16. The number of likely N-dealkylation sites (tertiary alicyclic amines) is 1. The third kappa shape index (κ3) is 4.98. The van der Waals surface area contributed by atoms with Gasteiger partial charge in [0.15, 0.2) is 0 Å². The molecule has 1 aromatic heterocycles. The van der Waals surface area contributed by atoms with Gasteiger partial charge in [-0.2, -0.15) is 13.2 Å². The molecule has 9 heteroatoms. The van der Waals surface area contributed by atoms with Crippen molar-refractivity contribution in [3.8, 4) is 0 Å². The number of likely N-dealkylation sites (N-methyl/N-ethyl adjacent to an activating group) is 1. The van der Waals surface area contributed by atoms with Gasteiger partial charge in [0, 0.05) is 51.5 Å². The molecule has 1 aromatic carbocycles. The van der Waals surface area contributed by atoms with E-state index in [2.05, 4.69) is 20.2 Å². The number of carbonyl (C=O) groups is 1. The van der Waals surface area contributed by atoms with Crippen molar-refractivity contribution in [1.82, 2.24) is 14.9 Å². The topological polar surface area (TPSA) is 61.4 Å². The van der Waals surface area contributed by atoms with Gasteiger partial charge in [0.05, 0.1) is 0 Å². The molecule has 1 aliphatic heterocycles. The molecule has 2 aromatic rings. The van der Waals surface area contributed by atoms with E-state index in [1.165, 1.54) is 6.92 Å². The summed E-state index contributed by atoms with van der Waals surface area (Å²) in [7, 11) is 1.73. The van der Waals surface area contributed by atoms with E-state index >= 15 is 0 Å². The Kier molecular flexibility index (Phi) is 5.83. The molecule has 3 rings (SSSR count). The Labute approximate surface area is 161 Å². The summed E-state index contributed by atoms with van der Waals surface area (Å²) < 4.78 is 38.6.